The number of hydrogen-bond donors (Lipinski definition) is 1. The van der Waals surface area contributed by atoms with E-state index in [4.69, 9.17) is 4.74 Å². The number of anilines is 2. The van der Waals surface area contributed by atoms with E-state index >= 15 is 0 Å². The molecule has 0 saturated carbocycles. The fraction of sp³-hybridized carbons (Fsp3) is 0.273. The maximum absolute atomic E-state index is 12.2. The van der Waals surface area contributed by atoms with Crippen molar-refractivity contribution in [2.75, 3.05) is 29.9 Å². The number of aromatic nitrogens is 2. The van der Waals surface area contributed by atoms with E-state index in [1.165, 1.54) is 25.5 Å². The lowest BCUT2D eigenvalue weighted by Crippen LogP contribution is -2.29. The monoisotopic (exact) mass is 390 g/mol. The van der Waals surface area contributed by atoms with Crippen LogP contribution in [0.15, 0.2) is 54.7 Å². The normalized spacial score (nSPS) is 13.9. The number of nitrogens with zero attached hydrogens (tertiary/aromatic N) is 3. The molecule has 0 unspecified atom stereocenters. The molecule has 1 amide bonds. The van der Waals surface area contributed by atoms with Crippen LogP contribution in [-0.2, 0) is 9.53 Å². The van der Waals surface area contributed by atoms with Crippen LogP contribution in [0.5, 0.6) is 0 Å². The van der Waals surface area contributed by atoms with E-state index in [-0.39, 0.29) is 12.3 Å². The first kappa shape index (κ1) is 18.9. The molecule has 1 aliphatic heterocycles. The lowest BCUT2D eigenvalue weighted by Gasteiger charge is -2.28. The number of carbonyl (C=O) groups excluding carboxylic acids is 2. The molecule has 1 aromatic heterocycles. The Bertz CT molecular complexity index is 1010. The van der Waals surface area contributed by atoms with Crippen molar-refractivity contribution in [1.29, 1.82) is 0 Å². The zero-order valence-electron chi connectivity index (χ0n) is 16.0. The summed E-state index contributed by atoms with van der Waals surface area (Å²) in [5.74, 6) is -1.09. The van der Waals surface area contributed by atoms with Gasteiger partial charge in [-0.1, -0.05) is 12.1 Å². The molecule has 0 radical (unpaired) electrons. The van der Waals surface area contributed by atoms with Crippen LogP contribution in [0.1, 0.15) is 29.8 Å². The zero-order valence-corrected chi connectivity index (χ0v) is 16.0. The fourth-order valence-electron chi connectivity index (χ4n) is 3.37. The van der Waals surface area contributed by atoms with Gasteiger partial charge in [0.05, 0.1) is 17.2 Å². The van der Waals surface area contributed by atoms with Gasteiger partial charge < -0.3 is 15.0 Å². The minimum Gasteiger partial charge on any atom is -0.451 e. The van der Waals surface area contributed by atoms with Gasteiger partial charge in [-0.2, -0.15) is 0 Å². The van der Waals surface area contributed by atoms with Crippen molar-refractivity contribution < 1.29 is 14.3 Å². The van der Waals surface area contributed by atoms with Crippen LogP contribution in [0, 0.1) is 0 Å². The van der Waals surface area contributed by atoms with Crippen molar-refractivity contribution in [3.63, 3.8) is 0 Å². The molecule has 3 aromatic rings. The van der Waals surface area contributed by atoms with Gasteiger partial charge in [0.25, 0.3) is 5.91 Å². The van der Waals surface area contributed by atoms with E-state index in [0.29, 0.717) is 16.7 Å². The molecular formula is C22H22N4O3. The molecule has 1 fully saturated rings. The largest absolute Gasteiger partial charge is 0.451 e. The Kier molecular flexibility index (Phi) is 5.65. The molecule has 1 saturated heterocycles. The Morgan fingerprint density at radius 3 is 2.45 bits per heavy atom. The van der Waals surface area contributed by atoms with Crippen LogP contribution in [0.3, 0.4) is 0 Å². The second-order valence-electron chi connectivity index (χ2n) is 6.96. The third kappa shape index (κ3) is 4.68. The number of hydrogen-bond acceptors (Lipinski definition) is 6. The lowest BCUT2D eigenvalue weighted by atomic mass is 10.1. The summed E-state index contributed by atoms with van der Waals surface area (Å²) in [6.45, 7) is 1.75. The van der Waals surface area contributed by atoms with Gasteiger partial charge >= 0.3 is 5.97 Å². The number of amides is 1. The van der Waals surface area contributed by atoms with Gasteiger partial charge in [0.2, 0.25) is 0 Å². The Hall–Kier alpha value is -3.48. The molecule has 2 heterocycles. The van der Waals surface area contributed by atoms with Crippen molar-refractivity contribution in [1.82, 2.24) is 9.97 Å². The molecule has 0 atom stereocenters. The second kappa shape index (κ2) is 8.68. The number of rotatable bonds is 5. The Balaban J connectivity index is 1.30. The molecule has 1 N–H and O–H groups in total. The summed E-state index contributed by atoms with van der Waals surface area (Å²) in [5, 5.41) is 2.74. The minimum atomic E-state index is -0.682. The molecule has 148 valence electrons. The highest BCUT2D eigenvalue weighted by atomic mass is 16.5. The van der Waals surface area contributed by atoms with Crippen molar-refractivity contribution in [3.8, 4) is 0 Å². The van der Waals surface area contributed by atoms with Gasteiger partial charge in [0.1, 0.15) is 0 Å². The zero-order chi connectivity index (χ0) is 20.1. The molecule has 2 aromatic carbocycles. The lowest BCUT2D eigenvalue weighted by molar-refractivity contribution is -0.119. The molecule has 0 bridgehead atoms. The number of esters is 1. The molecular weight excluding hydrogens is 368 g/mol. The van der Waals surface area contributed by atoms with E-state index in [2.05, 4.69) is 20.2 Å². The highest BCUT2D eigenvalue weighted by Crippen LogP contribution is 2.21. The summed E-state index contributed by atoms with van der Waals surface area (Å²) in [4.78, 5) is 35.0. The average Bonchev–Trinajstić information content (AvgIpc) is 2.78. The number of piperidine rings is 1. The summed E-state index contributed by atoms with van der Waals surface area (Å²) in [6.07, 6.45) is 5.06. The first-order valence-electron chi connectivity index (χ1n) is 9.73. The molecule has 0 spiro atoms. The topological polar surface area (TPSA) is 84.4 Å². The highest BCUT2D eigenvalue weighted by molar-refractivity contribution is 5.95. The predicted octanol–water partition coefficient (Wildman–Crippen LogP) is 3.42. The van der Waals surface area contributed by atoms with Crippen LogP contribution in [0.25, 0.3) is 11.0 Å². The van der Waals surface area contributed by atoms with E-state index in [0.717, 1.165) is 18.8 Å². The number of carbonyl (C=O) groups is 2. The summed E-state index contributed by atoms with van der Waals surface area (Å²) >= 11 is 0. The van der Waals surface area contributed by atoms with Crippen LogP contribution >= 0.6 is 0 Å². The van der Waals surface area contributed by atoms with Crippen LogP contribution < -0.4 is 10.2 Å². The van der Waals surface area contributed by atoms with E-state index in [9.17, 15) is 9.59 Å². The standard InChI is InChI=1S/C22H22N4O3/c27-21(24-16-8-10-17(11-9-16)26-12-4-1-5-13-26)15-29-22(28)20-14-23-18-6-2-3-7-19(18)25-20/h2-3,6-11,14H,1,4-5,12-13,15H2,(H,24,27). The maximum atomic E-state index is 12.2. The predicted molar refractivity (Wildman–Crippen MR) is 111 cm³/mol. The Labute approximate surface area is 168 Å². The first-order chi connectivity index (χ1) is 14.2. The van der Waals surface area contributed by atoms with Gasteiger partial charge in [-0.05, 0) is 55.7 Å². The molecule has 1 aliphatic rings. The second-order valence-corrected chi connectivity index (χ2v) is 6.96. The third-order valence-electron chi connectivity index (χ3n) is 4.86. The van der Waals surface area contributed by atoms with E-state index in [1.54, 1.807) is 12.1 Å². The Morgan fingerprint density at radius 1 is 0.966 bits per heavy atom. The van der Waals surface area contributed by atoms with Crippen LogP contribution in [0.4, 0.5) is 11.4 Å². The van der Waals surface area contributed by atoms with Gasteiger partial charge in [0, 0.05) is 24.5 Å². The quantitative estimate of drug-likeness (QED) is 0.672. The summed E-state index contributed by atoms with van der Waals surface area (Å²) < 4.78 is 5.07. The van der Waals surface area contributed by atoms with Gasteiger partial charge in [0.15, 0.2) is 12.3 Å². The molecule has 7 nitrogen and oxygen atoms in total. The van der Waals surface area contributed by atoms with Crippen LogP contribution in [-0.4, -0.2) is 41.5 Å². The van der Waals surface area contributed by atoms with Gasteiger partial charge in [-0.15, -0.1) is 0 Å². The van der Waals surface area contributed by atoms with Gasteiger partial charge in [-0.3, -0.25) is 9.78 Å². The molecule has 0 aliphatic carbocycles. The summed E-state index contributed by atoms with van der Waals surface area (Å²) in [7, 11) is 0. The number of nitrogens with one attached hydrogen (secondary N) is 1. The third-order valence-corrected chi connectivity index (χ3v) is 4.86. The number of benzene rings is 2. The number of fused-ring (bicyclic) bond motifs is 1. The van der Waals surface area contributed by atoms with Gasteiger partial charge in [-0.25, -0.2) is 9.78 Å². The molecule has 29 heavy (non-hydrogen) atoms. The molecule has 4 rings (SSSR count). The Morgan fingerprint density at radius 2 is 1.69 bits per heavy atom. The number of ether oxygens (including phenoxy) is 1. The van der Waals surface area contributed by atoms with Crippen molar-refractivity contribution in [2.24, 2.45) is 0 Å². The van der Waals surface area contributed by atoms with E-state index in [1.807, 2.05) is 36.4 Å². The SMILES string of the molecule is O=C(COC(=O)c1cnc2ccccc2n1)Nc1ccc(N2CCCCC2)cc1. The summed E-state index contributed by atoms with van der Waals surface area (Å²) in [6, 6.07) is 14.9. The van der Waals surface area contributed by atoms with Crippen LogP contribution in [0.2, 0.25) is 0 Å². The van der Waals surface area contributed by atoms with Crippen molar-refractivity contribution in [2.45, 2.75) is 19.3 Å². The van der Waals surface area contributed by atoms with E-state index < -0.39 is 11.9 Å². The van der Waals surface area contributed by atoms with Crippen molar-refractivity contribution >= 4 is 34.3 Å². The highest BCUT2D eigenvalue weighted by Gasteiger charge is 2.14. The number of para-hydroxylation sites is 2. The van der Waals surface area contributed by atoms with Crippen molar-refractivity contribution in [3.05, 3.63) is 60.4 Å². The average molecular weight is 390 g/mol. The maximum Gasteiger partial charge on any atom is 0.359 e. The smallest absolute Gasteiger partial charge is 0.359 e. The summed E-state index contributed by atoms with van der Waals surface area (Å²) in [5.41, 5.74) is 3.18. The minimum absolute atomic E-state index is 0.0717. The fourth-order valence-corrected chi connectivity index (χ4v) is 3.37. The molecule has 7 heteroatoms. The first-order valence-corrected chi connectivity index (χ1v) is 9.73.